The molecule has 2 amide bonds. The molecule has 0 unspecified atom stereocenters. The van der Waals surface area contributed by atoms with E-state index < -0.39 is 0 Å². The largest absolute Gasteiger partial charge is 0.505 e. The second-order valence-corrected chi connectivity index (χ2v) is 8.21. The number of aromatic hydroxyl groups is 1. The summed E-state index contributed by atoms with van der Waals surface area (Å²) in [7, 11) is 5.12. The third-order valence-electron chi connectivity index (χ3n) is 5.71. The summed E-state index contributed by atoms with van der Waals surface area (Å²) in [5.41, 5.74) is 5.48. The molecule has 6 heteroatoms. The van der Waals surface area contributed by atoms with Gasteiger partial charge in [-0.05, 0) is 41.7 Å². The number of benzene rings is 2. The monoisotopic (exact) mass is 403 g/mol. The van der Waals surface area contributed by atoms with E-state index in [-0.39, 0.29) is 29.5 Å². The van der Waals surface area contributed by atoms with Gasteiger partial charge in [0.15, 0.2) is 5.75 Å². The van der Waals surface area contributed by atoms with E-state index in [0.29, 0.717) is 18.5 Å². The highest BCUT2D eigenvalue weighted by Crippen LogP contribution is 2.39. The molecule has 4 rings (SSSR count). The highest BCUT2D eigenvalue weighted by atomic mass is 16.3. The van der Waals surface area contributed by atoms with Crippen LogP contribution in [0.3, 0.4) is 0 Å². The van der Waals surface area contributed by atoms with Crippen molar-refractivity contribution in [2.45, 2.75) is 26.3 Å². The van der Waals surface area contributed by atoms with Gasteiger partial charge in [-0.25, -0.2) is 0 Å². The van der Waals surface area contributed by atoms with Gasteiger partial charge in [0.1, 0.15) is 5.52 Å². The minimum absolute atomic E-state index is 0.0601. The molecule has 6 nitrogen and oxygen atoms in total. The van der Waals surface area contributed by atoms with Crippen LogP contribution in [0, 0.1) is 6.92 Å². The minimum Gasteiger partial charge on any atom is -0.505 e. The van der Waals surface area contributed by atoms with Crippen molar-refractivity contribution in [2.75, 3.05) is 21.1 Å². The van der Waals surface area contributed by atoms with Gasteiger partial charge in [-0.15, -0.1) is 0 Å². The van der Waals surface area contributed by atoms with Gasteiger partial charge in [0.25, 0.3) is 5.91 Å². The van der Waals surface area contributed by atoms with Crippen LogP contribution in [0.1, 0.15) is 38.2 Å². The molecule has 0 spiro atoms. The van der Waals surface area contributed by atoms with Crippen molar-refractivity contribution >= 4 is 22.7 Å². The van der Waals surface area contributed by atoms with Gasteiger partial charge in [-0.2, -0.15) is 0 Å². The van der Waals surface area contributed by atoms with Crippen LogP contribution >= 0.6 is 0 Å². The SMILES string of the molecule is Cc1ccc(Cc2cnc3c(O)c4c(c(CC(=O)N(C)C)c3c2)CN(C)C4=O)cc1. The van der Waals surface area contributed by atoms with Crippen LogP contribution in [-0.2, 0) is 24.2 Å². The number of carbonyl (C=O) groups excluding carboxylic acids is 2. The van der Waals surface area contributed by atoms with Crippen molar-refractivity contribution in [3.63, 3.8) is 0 Å². The van der Waals surface area contributed by atoms with Crippen LogP contribution in [0.15, 0.2) is 36.5 Å². The number of carbonyl (C=O) groups is 2. The van der Waals surface area contributed by atoms with Crippen molar-refractivity contribution in [1.82, 2.24) is 14.8 Å². The summed E-state index contributed by atoms with van der Waals surface area (Å²) in [6.45, 7) is 2.42. The predicted octanol–water partition coefficient (Wildman–Crippen LogP) is 3.06. The van der Waals surface area contributed by atoms with Crippen molar-refractivity contribution < 1.29 is 14.7 Å². The second-order valence-electron chi connectivity index (χ2n) is 8.21. The average molecular weight is 403 g/mol. The number of phenols is 1. The van der Waals surface area contributed by atoms with E-state index in [1.165, 1.54) is 10.5 Å². The Labute approximate surface area is 175 Å². The summed E-state index contributed by atoms with van der Waals surface area (Å²) in [5, 5.41) is 11.6. The van der Waals surface area contributed by atoms with Gasteiger partial charge in [-0.3, -0.25) is 14.6 Å². The Morgan fingerprint density at radius 1 is 1.20 bits per heavy atom. The van der Waals surface area contributed by atoms with Crippen LogP contribution in [0.5, 0.6) is 5.75 Å². The average Bonchev–Trinajstić information content (AvgIpc) is 3.01. The van der Waals surface area contributed by atoms with Crippen LogP contribution in [-0.4, -0.2) is 52.8 Å². The van der Waals surface area contributed by atoms with Crippen LogP contribution in [0.4, 0.5) is 0 Å². The van der Waals surface area contributed by atoms with Crippen LogP contribution in [0.2, 0.25) is 0 Å². The molecule has 0 saturated carbocycles. The maximum absolute atomic E-state index is 12.6. The first-order chi connectivity index (χ1) is 14.3. The zero-order valence-electron chi connectivity index (χ0n) is 17.7. The molecule has 30 heavy (non-hydrogen) atoms. The lowest BCUT2D eigenvalue weighted by Crippen LogP contribution is -2.24. The molecule has 2 aromatic carbocycles. The number of hydrogen-bond donors (Lipinski definition) is 1. The molecule has 0 radical (unpaired) electrons. The van der Waals surface area contributed by atoms with Gasteiger partial charge in [0.05, 0.1) is 12.0 Å². The lowest BCUT2D eigenvalue weighted by Gasteiger charge is -2.16. The topological polar surface area (TPSA) is 73.7 Å². The molecule has 0 saturated heterocycles. The zero-order chi connectivity index (χ0) is 21.6. The standard InChI is InChI=1S/C24H25N3O3/c1-14-5-7-15(8-6-14)9-16-10-18-17(11-20(28)26(2)3)19-13-27(4)24(30)21(19)23(29)22(18)25-12-16/h5-8,10,12,29H,9,11,13H2,1-4H3. The van der Waals surface area contributed by atoms with Gasteiger partial charge in [0, 0.05) is 39.3 Å². The first-order valence-electron chi connectivity index (χ1n) is 9.92. The molecule has 0 atom stereocenters. The summed E-state index contributed by atoms with van der Waals surface area (Å²) in [4.78, 5) is 32.8. The molecular formula is C24H25N3O3. The molecule has 2 heterocycles. The maximum atomic E-state index is 12.6. The molecule has 0 aliphatic carbocycles. The van der Waals surface area contributed by atoms with Crippen molar-refractivity contribution in [2.24, 2.45) is 0 Å². The Morgan fingerprint density at radius 3 is 2.57 bits per heavy atom. The summed E-state index contributed by atoms with van der Waals surface area (Å²) in [6.07, 6.45) is 2.58. The Balaban J connectivity index is 1.88. The van der Waals surface area contributed by atoms with Gasteiger partial charge >= 0.3 is 0 Å². The maximum Gasteiger partial charge on any atom is 0.258 e. The number of amides is 2. The number of likely N-dealkylation sites (N-methyl/N-ethyl adjacent to an activating group) is 1. The number of rotatable bonds is 4. The first kappa shape index (κ1) is 19.9. The lowest BCUT2D eigenvalue weighted by atomic mass is 9.92. The summed E-state index contributed by atoms with van der Waals surface area (Å²) in [6, 6.07) is 10.3. The Kier molecular flexibility index (Phi) is 4.94. The molecule has 0 fully saturated rings. The quantitative estimate of drug-likeness (QED) is 0.727. The summed E-state index contributed by atoms with van der Waals surface area (Å²) < 4.78 is 0. The first-order valence-corrected chi connectivity index (χ1v) is 9.92. The summed E-state index contributed by atoms with van der Waals surface area (Å²) in [5.74, 6) is -0.402. The zero-order valence-corrected chi connectivity index (χ0v) is 17.7. The van der Waals surface area contributed by atoms with E-state index in [1.54, 1.807) is 32.2 Å². The molecule has 0 bridgehead atoms. The molecule has 1 N–H and O–H groups in total. The van der Waals surface area contributed by atoms with E-state index >= 15 is 0 Å². The van der Waals surface area contributed by atoms with E-state index in [0.717, 1.165) is 27.6 Å². The van der Waals surface area contributed by atoms with Crippen molar-refractivity contribution in [3.05, 3.63) is 69.9 Å². The van der Waals surface area contributed by atoms with Gasteiger partial charge in [0.2, 0.25) is 5.91 Å². The fraction of sp³-hybridized carbons (Fsp3) is 0.292. The molecule has 3 aromatic rings. The fourth-order valence-electron chi connectivity index (χ4n) is 3.96. The van der Waals surface area contributed by atoms with Crippen LogP contribution in [0.25, 0.3) is 10.9 Å². The van der Waals surface area contributed by atoms with E-state index in [2.05, 4.69) is 36.2 Å². The smallest absolute Gasteiger partial charge is 0.258 e. The third kappa shape index (κ3) is 3.38. The van der Waals surface area contributed by atoms with E-state index in [9.17, 15) is 14.7 Å². The Bertz CT molecular complexity index is 1170. The lowest BCUT2D eigenvalue weighted by molar-refractivity contribution is -0.127. The Hall–Kier alpha value is -3.41. The van der Waals surface area contributed by atoms with Crippen LogP contribution < -0.4 is 0 Å². The number of aryl methyl sites for hydroxylation is 1. The van der Waals surface area contributed by atoms with E-state index in [4.69, 9.17) is 0 Å². The van der Waals surface area contributed by atoms with Gasteiger partial charge < -0.3 is 14.9 Å². The fourth-order valence-corrected chi connectivity index (χ4v) is 3.96. The predicted molar refractivity (Wildman–Crippen MR) is 116 cm³/mol. The molecular weight excluding hydrogens is 378 g/mol. The normalized spacial score (nSPS) is 13.1. The third-order valence-corrected chi connectivity index (χ3v) is 5.71. The highest BCUT2D eigenvalue weighted by molar-refractivity contribution is 6.08. The number of phenolic OH excluding ortho intramolecular Hbond substituents is 1. The molecule has 1 aliphatic rings. The number of aromatic nitrogens is 1. The van der Waals surface area contributed by atoms with Crippen molar-refractivity contribution in [1.29, 1.82) is 0 Å². The second kappa shape index (κ2) is 7.44. The number of nitrogens with zero attached hydrogens (tertiary/aromatic N) is 3. The number of pyridine rings is 1. The van der Waals surface area contributed by atoms with Gasteiger partial charge in [-0.1, -0.05) is 29.8 Å². The number of hydrogen-bond acceptors (Lipinski definition) is 4. The molecule has 1 aliphatic heterocycles. The minimum atomic E-state index is -0.242. The summed E-state index contributed by atoms with van der Waals surface area (Å²) >= 11 is 0. The molecule has 1 aromatic heterocycles. The molecule has 154 valence electrons. The van der Waals surface area contributed by atoms with Crippen molar-refractivity contribution in [3.8, 4) is 5.75 Å². The Morgan fingerprint density at radius 2 is 1.90 bits per heavy atom. The highest BCUT2D eigenvalue weighted by Gasteiger charge is 2.33. The van der Waals surface area contributed by atoms with E-state index in [1.807, 2.05) is 6.07 Å². The number of fused-ring (bicyclic) bond motifs is 2.